The van der Waals surface area contributed by atoms with Gasteiger partial charge >= 0.3 is 0 Å². The number of nitrogens with zero attached hydrogens (tertiary/aromatic N) is 1. The van der Waals surface area contributed by atoms with Crippen molar-refractivity contribution in [3.05, 3.63) is 35.9 Å². The number of ether oxygens (including phenoxy) is 1. The third kappa shape index (κ3) is 5.13. The summed E-state index contributed by atoms with van der Waals surface area (Å²) in [5, 5.41) is 3.05. The zero-order valence-corrected chi connectivity index (χ0v) is 17.2. The molecule has 1 heterocycles. The maximum atomic E-state index is 13.2. The Morgan fingerprint density at radius 2 is 1.93 bits per heavy atom. The molecule has 5 heteroatoms. The number of hydrogen-bond donors (Lipinski definition) is 1. The third-order valence-electron chi connectivity index (χ3n) is 5.86. The van der Waals surface area contributed by atoms with Gasteiger partial charge in [0.1, 0.15) is 6.04 Å². The molecular formula is C23H34N2O3. The molecule has 2 fully saturated rings. The molecular weight excluding hydrogens is 352 g/mol. The number of carbonyl (C=O) groups is 2. The van der Waals surface area contributed by atoms with Crippen molar-refractivity contribution in [1.82, 2.24) is 10.2 Å². The van der Waals surface area contributed by atoms with Gasteiger partial charge in [-0.3, -0.25) is 9.59 Å². The lowest BCUT2D eigenvalue weighted by Crippen LogP contribution is -2.49. The molecule has 28 heavy (non-hydrogen) atoms. The van der Waals surface area contributed by atoms with Gasteiger partial charge in [0, 0.05) is 31.4 Å². The van der Waals surface area contributed by atoms with Crippen LogP contribution in [0.25, 0.3) is 0 Å². The lowest BCUT2D eigenvalue weighted by molar-refractivity contribution is -0.125. The lowest BCUT2D eigenvalue weighted by Gasteiger charge is -2.33. The summed E-state index contributed by atoms with van der Waals surface area (Å²) in [5.74, 6) is 0.957. The van der Waals surface area contributed by atoms with Crippen molar-refractivity contribution in [3.63, 3.8) is 0 Å². The maximum Gasteiger partial charge on any atom is 0.254 e. The molecule has 3 rings (SSSR count). The van der Waals surface area contributed by atoms with Crippen molar-refractivity contribution in [1.29, 1.82) is 0 Å². The van der Waals surface area contributed by atoms with Crippen LogP contribution in [0.1, 0.15) is 62.7 Å². The number of benzene rings is 1. The van der Waals surface area contributed by atoms with Crippen LogP contribution in [-0.2, 0) is 9.53 Å². The normalized spacial score (nSPS) is 24.2. The Morgan fingerprint density at radius 3 is 2.68 bits per heavy atom. The van der Waals surface area contributed by atoms with E-state index in [9.17, 15) is 9.59 Å². The average molecular weight is 387 g/mol. The molecule has 1 aromatic rings. The van der Waals surface area contributed by atoms with E-state index in [2.05, 4.69) is 19.2 Å². The molecule has 1 aliphatic carbocycles. The number of nitrogens with one attached hydrogen (secondary N) is 1. The molecule has 0 aromatic heterocycles. The second kappa shape index (κ2) is 10.1. The summed E-state index contributed by atoms with van der Waals surface area (Å²) < 4.78 is 5.58. The smallest absolute Gasteiger partial charge is 0.254 e. The van der Waals surface area contributed by atoms with E-state index in [1.54, 1.807) is 0 Å². The maximum absolute atomic E-state index is 13.2. The fourth-order valence-electron chi connectivity index (χ4n) is 4.54. The van der Waals surface area contributed by atoms with Gasteiger partial charge in [0.25, 0.3) is 5.91 Å². The van der Waals surface area contributed by atoms with Gasteiger partial charge in [0.15, 0.2) is 0 Å². The number of hydrogen-bond acceptors (Lipinski definition) is 3. The van der Waals surface area contributed by atoms with Gasteiger partial charge in [0.2, 0.25) is 5.91 Å². The van der Waals surface area contributed by atoms with Crippen LogP contribution in [0.5, 0.6) is 0 Å². The largest absolute Gasteiger partial charge is 0.381 e. The van der Waals surface area contributed by atoms with Gasteiger partial charge in [-0.25, -0.2) is 0 Å². The second-order valence-electron chi connectivity index (χ2n) is 8.56. The van der Waals surface area contributed by atoms with E-state index in [0.29, 0.717) is 30.6 Å². The molecule has 1 N–H and O–H groups in total. The van der Waals surface area contributed by atoms with Crippen molar-refractivity contribution in [2.24, 2.45) is 11.8 Å². The SMILES string of the molecule is CC(C)COCCCNC(=O)C1CC2CCCCC2N1C(=O)c1ccccc1. The highest BCUT2D eigenvalue weighted by Gasteiger charge is 2.47. The van der Waals surface area contributed by atoms with Gasteiger partial charge in [-0.1, -0.05) is 44.9 Å². The van der Waals surface area contributed by atoms with Crippen LogP contribution >= 0.6 is 0 Å². The van der Waals surface area contributed by atoms with Crippen LogP contribution in [0.3, 0.4) is 0 Å². The monoisotopic (exact) mass is 386 g/mol. The van der Waals surface area contributed by atoms with Gasteiger partial charge in [-0.15, -0.1) is 0 Å². The van der Waals surface area contributed by atoms with Crippen molar-refractivity contribution in [2.45, 2.75) is 64.5 Å². The molecule has 154 valence electrons. The minimum absolute atomic E-state index is 0.00424. The predicted molar refractivity (Wildman–Crippen MR) is 110 cm³/mol. The Morgan fingerprint density at radius 1 is 1.18 bits per heavy atom. The molecule has 0 bridgehead atoms. The van der Waals surface area contributed by atoms with Crippen LogP contribution in [0.4, 0.5) is 0 Å². The Labute approximate surface area is 168 Å². The first kappa shape index (κ1) is 20.8. The molecule has 5 nitrogen and oxygen atoms in total. The van der Waals surface area contributed by atoms with Crippen molar-refractivity contribution in [2.75, 3.05) is 19.8 Å². The summed E-state index contributed by atoms with van der Waals surface area (Å²) in [6.07, 6.45) is 6.06. The average Bonchev–Trinajstić information content (AvgIpc) is 3.10. The highest BCUT2D eigenvalue weighted by Crippen LogP contribution is 2.40. The van der Waals surface area contributed by atoms with E-state index >= 15 is 0 Å². The molecule has 1 aliphatic heterocycles. The quantitative estimate of drug-likeness (QED) is 0.694. The lowest BCUT2D eigenvalue weighted by atomic mass is 9.84. The third-order valence-corrected chi connectivity index (χ3v) is 5.86. The number of amides is 2. The standard InChI is InChI=1S/C23H34N2O3/c1-17(2)16-28-14-8-13-24-22(26)21-15-19-11-6-7-12-20(19)25(21)23(27)18-9-4-3-5-10-18/h3-5,9-10,17,19-21H,6-8,11-16H2,1-2H3,(H,24,26). The summed E-state index contributed by atoms with van der Waals surface area (Å²) in [6, 6.07) is 9.22. The Kier molecular flexibility index (Phi) is 7.49. The van der Waals surface area contributed by atoms with E-state index in [1.807, 2.05) is 35.2 Å². The molecule has 1 aromatic carbocycles. The minimum atomic E-state index is -0.350. The number of fused-ring (bicyclic) bond motifs is 1. The summed E-state index contributed by atoms with van der Waals surface area (Å²) in [5.41, 5.74) is 0.675. The number of rotatable bonds is 8. The summed E-state index contributed by atoms with van der Waals surface area (Å²) in [7, 11) is 0. The molecule has 3 atom stereocenters. The van der Waals surface area contributed by atoms with E-state index in [1.165, 1.54) is 6.42 Å². The van der Waals surface area contributed by atoms with Crippen molar-refractivity contribution < 1.29 is 14.3 Å². The molecule has 0 radical (unpaired) electrons. The first-order chi connectivity index (χ1) is 13.6. The van der Waals surface area contributed by atoms with Crippen LogP contribution in [0.15, 0.2) is 30.3 Å². The number of likely N-dealkylation sites (tertiary alicyclic amines) is 1. The van der Waals surface area contributed by atoms with Gasteiger partial charge in [0.05, 0.1) is 0 Å². The zero-order chi connectivity index (χ0) is 19.9. The molecule has 2 amide bonds. The number of carbonyl (C=O) groups excluding carboxylic acids is 2. The van der Waals surface area contributed by atoms with Gasteiger partial charge in [-0.05, 0) is 49.7 Å². The van der Waals surface area contributed by atoms with Crippen LogP contribution < -0.4 is 5.32 Å². The fraction of sp³-hybridized carbons (Fsp3) is 0.652. The summed E-state index contributed by atoms with van der Waals surface area (Å²) in [6.45, 7) is 6.25. The van der Waals surface area contributed by atoms with Crippen LogP contribution in [0, 0.1) is 11.8 Å². The van der Waals surface area contributed by atoms with Crippen molar-refractivity contribution >= 4 is 11.8 Å². The highest BCUT2D eigenvalue weighted by molar-refractivity contribution is 5.98. The van der Waals surface area contributed by atoms with Crippen LogP contribution in [0.2, 0.25) is 0 Å². The summed E-state index contributed by atoms with van der Waals surface area (Å²) >= 11 is 0. The van der Waals surface area contributed by atoms with E-state index in [0.717, 1.165) is 38.7 Å². The molecule has 1 saturated carbocycles. The first-order valence-electron chi connectivity index (χ1n) is 10.8. The van der Waals surface area contributed by atoms with Gasteiger partial charge in [-0.2, -0.15) is 0 Å². The Hall–Kier alpha value is -1.88. The van der Waals surface area contributed by atoms with Gasteiger partial charge < -0.3 is 15.0 Å². The summed E-state index contributed by atoms with van der Waals surface area (Å²) in [4.78, 5) is 28.0. The zero-order valence-electron chi connectivity index (χ0n) is 17.2. The first-order valence-corrected chi connectivity index (χ1v) is 10.8. The Balaban J connectivity index is 1.60. The van der Waals surface area contributed by atoms with Crippen LogP contribution in [-0.4, -0.2) is 48.6 Å². The molecule has 3 unspecified atom stereocenters. The molecule has 2 aliphatic rings. The second-order valence-corrected chi connectivity index (χ2v) is 8.56. The van der Waals surface area contributed by atoms with Crippen molar-refractivity contribution in [3.8, 4) is 0 Å². The Bertz CT molecular complexity index is 647. The van der Waals surface area contributed by atoms with E-state index < -0.39 is 0 Å². The van der Waals surface area contributed by atoms with E-state index in [4.69, 9.17) is 4.74 Å². The topological polar surface area (TPSA) is 58.6 Å². The highest BCUT2D eigenvalue weighted by atomic mass is 16.5. The molecule has 1 saturated heterocycles. The fourth-order valence-corrected chi connectivity index (χ4v) is 4.54. The predicted octanol–water partition coefficient (Wildman–Crippen LogP) is 3.64. The molecule has 0 spiro atoms. The van der Waals surface area contributed by atoms with E-state index in [-0.39, 0.29) is 23.9 Å². The minimum Gasteiger partial charge on any atom is -0.381 e.